The summed E-state index contributed by atoms with van der Waals surface area (Å²) in [5.74, 6) is 1.94. The van der Waals surface area contributed by atoms with Crippen molar-refractivity contribution < 1.29 is 5.11 Å². The maximum absolute atomic E-state index is 10.2. The normalized spacial score (nSPS) is 10.8. The zero-order chi connectivity index (χ0) is 18.8. The van der Waals surface area contributed by atoms with Gasteiger partial charge in [-0.2, -0.15) is 17.0 Å². The van der Waals surface area contributed by atoms with Crippen molar-refractivity contribution in [3.63, 3.8) is 0 Å². The predicted octanol–water partition coefficient (Wildman–Crippen LogP) is 4.46. The molecule has 2 rings (SSSR count). The van der Waals surface area contributed by atoms with E-state index in [2.05, 4.69) is 29.8 Å². The Labute approximate surface area is 160 Å². The quantitative estimate of drug-likeness (QED) is 0.525. The highest BCUT2D eigenvalue weighted by Crippen LogP contribution is 2.23. The van der Waals surface area contributed by atoms with Crippen LogP contribution in [-0.4, -0.2) is 36.7 Å². The maximum atomic E-state index is 10.2. The van der Waals surface area contributed by atoms with Gasteiger partial charge in [0.1, 0.15) is 5.75 Å². The number of anilines is 1. The van der Waals surface area contributed by atoms with Gasteiger partial charge in [0.05, 0.1) is 11.6 Å². The van der Waals surface area contributed by atoms with Gasteiger partial charge in [0, 0.05) is 54.7 Å². The van der Waals surface area contributed by atoms with Crippen molar-refractivity contribution in [1.29, 1.82) is 5.26 Å². The number of aliphatic imine (C=N–C) groups is 1. The Morgan fingerprint density at radius 1 is 1.19 bits per heavy atom. The van der Waals surface area contributed by atoms with Gasteiger partial charge in [0.2, 0.25) is 0 Å². The molecule has 0 aliphatic carbocycles. The van der Waals surface area contributed by atoms with E-state index >= 15 is 0 Å². The summed E-state index contributed by atoms with van der Waals surface area (Å²) in [6.45, 7) is 6.70. The Hall–Kier alpha value is -2.45. The number of nitriles is 1. The summed E-state index contributed by atoms with van der Waals surface area (Å²) in [7, 11) is 0. The van der Waals surface area contributed by atoms with Crippen LogP contribution in [-0.2, 0) is 5.75 Å². The lowest BCUT2D eigenvalue weighted by Crippen LogP contribution is -2.21. The molecule has 5 heteroatoms. The molecule has 1 N–H and O–H groups in total. The lowest BCUT2D eigenvalue weighted by atomic mass is 10.1. The van der Waals surface area contributed by atoms with Crippen LogP contribution in [0.5, 0.6) is 5.75 Å². The average Bonchev–Trinajstić information content (AvgIpc) is 2.67. The molecule has 0 fully saturated rings. The number of hydrogen-bond acceptors (Lipinski definition) is 5. The number of benzene rings is 2. The number of hydrogen-bond donors (Lipinski definition) is 1. The molecule has 2 aromatic rings. The molecular weight excluding hydrogens is 342 g/mol. The Morgan fingerprint density at radius 3 is 2.65 bits per heavy atom. The van der Waals surface area contributed by atoms with Gasteiger partial charge < -0.3 is 10.0 Å². The molecule has 0 atom stereocenters. The highest BCUT2D eigenvalue weighted by Gasteiger charge is 2.05. The molecule has 0 radical (unpaired) electrons. The molecule has 0 aliphatic rings. The summed E-state index contributed by atoms with van der Waals surface area (Å²) in [6.07, 6.45) is 1.73. The van der Waals surface area contributed by atoms with Crippen LogP contribution in [0.2, 0.25) is 0 Å². The Kier molecular flexibility index (Phi) is 8.04. The van der Waals surface area contributed by atoms with Crippen molar-refractivity contribution in [2.45, 2.75) is 19.6 Å². The topological polar surface area (TPSA) is 59.6 Å². The minimum absolute atomic E-state index is 0.258. The Morgan fingerprint density at radius 2 is 1.96 bits per heavy atom. The van der Waals surface area contributed by atoms with Crippen LogP contribution in [0, 0.1) is 11.3 Å². The fraction of sp³-hybridized carbons (Fsp3) is 0.333. The van der Waals surface area contributed by atoms with Crippen molar-refractivity contribution in [1.82, 2.24) is 0 Å². The van der Waals surface area contributed by atoms with Gasteiger partial charge in [-0.25, -0.2) is 0 Å². The first-order chi connectivity index (χ1) is 12.7. The van der Waals surface area contributed by atoms with E-state index in [9.17, 15) is 5.11 Å². The number of rotatable bonds is 9. The van der Waals surface area contributed by atoms with Gasteiger partial charge in [-0.15, -0.1) is 0 Å². The summed E-state index contributed by atoms with van der Waals surface area (Å²) in [6, 6.07) is 15.6. The SMILES string of the molecule is CCN(CC)c1ccc(C=NCCSCc2ccccc2C#N)c(O)c1. The van der Waals surface area contributed by atoms with Crippen LogP contribution in [0.4, 0.5) is 5.69 Å². The first-order valence-electron chi connectivity index (χ1n) is 8.83. The molecule has 0 saturated carbocycles. The monoisotopic (exact) mass is 367 g/mol. The molecular formula is C21H25N3OS. The van der Waals surface area contributed by atoms with Crippen LogP contribution < -0.4 is 4.90 Å². The highest BCUT2D eigenvalue weighted by atomic mass is 32.2. The number of thioether (sulfide) groups is 1. The molecule has 0 unspecified atom stereocenters. The summed E-state index contributed by atoms with van der Waals surface area (Å²) in [4.78, 5) is 6.60. The van der Waals surface area contributed by atoms with Crippen molar-refractivity contribution in [3.05, 3.63) is 59.2 Å². The lowest BCUT2D eigenvalue weighted by Gasteiger charge is -2.21. The van der Waals surface area contributed by atoms with Crippen LogP contribution in [0.15, 0.2) is 47.5 Å². The van der Waals surface area contributed by atoms with E-state index in [-0.39, 0.29) is 5.75 Å². The summed E-state index contributed by atoms with van der Waals surface area (Å²) >= 11 is 1.75. The molecule has 0 aliphatic heterocycles. The molecule has 0 aromatic heterocycles. The third kappa shape index (κ3) is 5.53. The van der Waals surface area contributed by atoms with Crippen LogP contribution in [0.3, 0.4) is 0 Å². The number of phenolic OH excluding ortho intramolecular Hbond substituents is 1. The molecule has 136 valence electrons. The number of phenols is 1. The zero-order valence-electron chi connectivity index (χ0n) is 15.4. The molecule has 0 spiro atoms. The second-order valence-corrected chi connectivity index (χ2v) is 6.88. The van der Waals surface area contributed by atoms with Crippen molar-refractivity contribution in [3.8, 4) is 11.8 Å². The summed E-state index contributed by atoms with van der Waals surface area (Å²) in [5.41, 5.74) is 3.56. The fourth-order valence-electron chi connectivity index (χ4n) is 2.64. The largest absolute Gasteiger partial charge is 0.507 e. The van der Waals surface area contributed by atoms with E-state index in [4.69, 9.17) is 5.26 Å². The molecule has 26 heavy (non-hydrogen) atoms. The van der Waals surface area contributed by atoms with Gasteiger partial charge in [-0.1, -0.05) is 18.2 Å². The van der Waals surface area contributed by atoms with Crippen molar-refractivity contribution >= 4 is 23.7 Å². The molecule has 2 aromatic carbocycles. The summed E-state index contributed by atoms with van der Waals surface area (Å²) < 4.78 is 0. The van der Waals surface area contributed by atoms with E-state index < -0.39 is 0 Å². The van der Waals surface area contributed by atoms with E-state index in [0.717, 1.165) is 47.0 Å². The second kappa shape index (κ2) is 10.5. The zero-order valence-corrected chi connectivity index (χ0v) is 16.2. The number of aromatic hydroxyl groups is 1. The van der Waals surface area contributed by atoms with E-state index in [1.54, 1.807) is 24.0 Å². The molecule has 0 bridgehead atoms. The van der Waals surface area contributed by atoms with E-state index in [1.165, 1.54) is 0 Å². The lowest BCUT2D eigenvalue weighted by molar-refractivity contribution is 0.474. The highest BCUT2D eigenvalue weighted by molar-refractivity contribution is 7.98. The standard InChI is InChI=1S/C21H25N3OS/c1-3-24(4-2)20-10-9-18(21(25)13-20)15-23-11-12-26-16-19-8-6-5-7-17(19)14-22/h5-10,13,15,25H,3-4,11-12,16H2,1-2H3. The molecule has 0 amide bonds. The van der Waals surface area contributed by atoms with E-state index in [0.29, 0.717) is 6.54 Å². The van der Waals surface area contributed by atoms with Crippen LogP contribution in [0.1, 0.15) is 30.5 Å². The average molecular weight is 368 g/mol. The van der Waals surface area contributed by atoms with Crippen molar-refractivity contribution in [2.24, 2.45) is 4.99 Å². The van der Waals surface area contributed by atoms with Gasteiger partial charge in [-0.05, 0) is 37.6 Å². The second-order valence-electron chi connectivity index (χ2n) is 5.77. The van der Waals surface area contributed by atoms with Gasteiger partial charge in [-0.3, -0.25) is 4.99 Å². The minimum Gasteiger partial charge on any atom is -0.507 e. The van der Waals surface area contributed by atoms with Crippen molar-refractivity contribution in [2.75, 3.05) is 30.3 Å². The summed E-state index contributed by atoms with van der Waals surface area (Å²) in [5, 5.41) is 19.3. The van der Waals surface area contributed by atoms with Gasteiger partial charge in [0.15, 0.2) is 0 Å². The fourth-order valence-corrected chi connectivity index (χ4v) is 3.49. The van der Waals surface area contributed by atoms with Crippen LogP contribution in [0.25, 0.3) is 0 Å². The minimum atomic E-state index is 0.258. The molecule has 4 nitrogen and oxygen atoms in total. The van der Waals surface area contributed by atoms with Gasteiger partial charge in [0.25, 0.3) is 0 Å². The first kappa shape index (κ1) is 19.9. The van der Waals surface area contributed by atoms with Crippen LogP contribution >= 0.6 is 11.8 Å². The van der Waals surface area contributed by atoms with E-state index in [1.807, 2.05) is 36.4 Å². The maximum Gasteiger partial charge on any atom is 0.126 e. The third-order valence-corrected chi connectivity index (χ3v) is 5.12. The van der Waals surface area contributed by atoms with Gasteiger partial charge >= 0.3 is 0 Å². The third-order valence-electron chi connectivity index (χ3n) is 4.13. The first-order valence-corrected chi connectivity index (χ1v) is 9.98. The predicted molar refractivity (Wildman–Crippen MR) is 111 cm³/mol. The molecule has 0 heterocycles. The Bertz CT molecular complexity index is 779. The number of nitrogens with zero attached hydrogens (tertiary/aromatic N) is 3. The smallest absolute Gasteiger partial charge is 0.126 e. The molecule has 0 saturated heterocycles. The Balaban J connectivity index is 1.82.